The van der Waals surface area contributed by atoms with E-state index in [-0.39, 0.29) is 5.56 Å². The van der Waals surface area contributed by atoms with Gasteiger partial charge in [0.05, 0.1) is 6.20 Å². The van der Waals surface area contributed by atoms with Crippen LogP contribution in [0, 0.1) is 0 Å². The van der Waals surface area contributed by atoms with E-state index in [0.717, 1.165) is 0 Å². The molecule has 0 aliphatic heterocycles. The van der Waals surface area contributed by atoms with E-state index < -0.39 is 18.2 Å². The number of aliphatic hydroxyl groups is 2. The van der Waals surface area contributed by atoms with Crippen LogP contribution in [0.15, 0.2) is 12.4 Å². The van der Waals surface area contributed by atoms with Crippen LogP contribution in [0.3, 0.4) is 0 Å². The first kappa shape index (κ1) is 8.69. The molecule has 0 amide bonds. The largest absolute Gasteiger partial charge is 0.479 e. The van der Waals surface area contributed by atoms with Crippen molar-refractivity contribution in [1.82, 2.24) is 10.2 Å². The Balaban J connectivity index is 2.71. The summed E-state index contributed by atoms with van der Waals surface area (Å²) in [6.07, 6.45) is -0.697. The van der Waals surface area contributed by atoms with Crippen molar-refractivity contribution in [3.8, 4) is 0 Å². The zero-order valence-electron chi connectivity index (χ0n) is 6.01. The summed E-state index contributed by atoms with van der Waals surface area (Å²) in [6.45, 7) is 0. The molecule has 0 radical (unpaired) electrons. The predicted molar refractivity (Wildman–Crippen MR) is 37.2 cm³/mol. The summed E-state index contributed by atoms with van der Waals surface area (Å²) in [7, 11) is 0. The smallest absolute Gasteiger partial charge is 0.335 e. The van der Waals surface area contributed by atoms with Gasteiger partial charge in [0, 0.05) is 11.8 Å². The molecular formula is C6H8N2O4. The van der Waals surface area contributed by atoms with E-state index in [0.29, 0.717) is 0 Å². The molecule has 4 N–H and O–H groups in total. The highest BCUT2D eigenvalue weighted by molar-refractivity contribution is 5.72. The van der Waals surface area contributed by atoms with Gasteiger partial charge in [0.15, 0.2) is 6.10 Å². The van der Waals surface area contributed by atoms with E-state index in [1.54, 1.807) is 0 Å². The van der Waals surface area contributed by atoms with Crippen LogP contribution in [-0.2, 0) is 4.79 Å². The second kappa shape index (κ2) is 3.33. The SMILES string of the molecule is O=C(O)C(O)C(O)c1cn[nH]c1. The first-order valence-electron chi connectivity index (χ1n) is 3.20. The molecule has 0 aliphatic rings. The molecule has 1 heterocycles. The van der Waals surface area contributed by atoms with E-state index in [2.05, 4.69) is 10.2 Å². The number of aliphatic carboxylic acids is 1. The molecule has 0 saturated carbocycles. The Morgan fingerprint density at radius 2 is 2.25 bits per heavy atom. The summed E-state index contributed by atoms with van der Waals surface area (Å²) in [4.78, 5) is 10.2. The first-order chi connectivity index (χ1) is 5.63. The van der Waals surface area contributed by atoms with Crippen LogP contribution in [0.4, 0.5) is 0 Å². The second-order valence-electron chi connectivity index (χ2n) is 2.26. The average Bonchev–Trinajstić information content (AvgIpc) is 2.53. The molecule has 1 rings (SSSR count). The van der Waals surface area contributed by atoms with Crippen molar-refractivity contribution in [2.75, 3.05) is 0 Å². The van der Waals surface area contributed by atoms with Gasteiger partial charge in [-0.2, -0.15) is 5.10 Å². The fourth-order valence-corrected chi connectivity index (χ4v) is 0.740. The van der Waals surface area contributed by atoms with Gasteiger partial charge >= 0.3 is 5.97 Å². The van der Waals surface area contributed by atoms with Crippen molar-refractivity contribution in [2.45, 2.75) is 12.2 Å². The van der Waals surface area contributed by atoms with Gasteiger partial charge in [0.2, 0.25) is 0 Å². The van der Waals surface area contributed by atoms with Crippen molar-refractivity contribution < 1.29 is 20.1 Å². The number of carboxylic acids is 1. The van der Waals surface area contributed by atoms with Gasteiger partial charge in [0.25, 0.3) is 0 Å². The lowest BCUT2D eigenvalue weighted by Crippen LogP contribution is -2.27. The number of carboxylic acid groups (broad SMARTS) is 1. The predicted octanol–water partition coefficient (Wildman–Crippen LogP) is -1.11. The summed E-state index contributed by atoms with van der Waals surface area (Å²) in [5.74, 6) is -1.47. The van der Waals surface area contributed by atoms with Crippen LogP contribution in [0.5, 0.6) is 0 Å². The van der Waals surface area contributed by atoms with E-state index in [4.69, 9.17) is 15.3 Å². The minimum Gasteiger partial charge on any atom is -0.479 e. The maximum Gasteiger partial charge on any atom is 0.335 e. The Kier molecular flexibility index (Phi) is 2.41. The number of nitrogens with zero attached hydrogens (tertiary/aromatic N) is 1. The highest BCUT2D eigenvalue weighted by atomic mass is 16.4. The molecule has 0 spiro atoms. The fraction of sp³-hybridized carbons (Fsp3) is 0.333. The van der Waals surface area contributed by atoms with Crippen LogP contribution >= 0.6 is 0 Å². The number of rotatable bonds is 3. The van der Waals surface area contributed by atoms with Crippen LogP contribution in [0.25, 0.3) is 0 Å². The molecule has 0 saturated heterocycles. The molecule has 0 aromatic carbocycles. The summed E-state index contributed by atoms with van der Waals surface area (Å²) in [6, 6.07) is 0. The Labute approximate surface area is 67.5 Å². The van der Waals surface area contributed by atoms with Crippen LogP contribution < -0.4 is 0 Å². The molecule has 2 unspecified atom stereocenters. The minimum absolute atomic E-state index is 0.241. The molecule has 12 heavy (non-hydrogen) atoms. The number of aliphatic hydroxyl groups excluding tert-OH is 2. The molecule has 6 nitrogen and oxygen atoms in total. The number of nitrogens with one attached hydrogen (secondary N) is 1. The van der Waals surface area contributed by atoms with E-state index in [1.807, 2.05) is 0 Å². The number of aromatic nitrogens is 2. The van der Waals surface area contributed by atoms with Gasteiger partial charge in [0.1, 0.15) is 6.10 Å². The zero-order valence-corrected chi connectivity index (χ0v) is 6.01. The second-order valence-corrected chi connectivity index (χ2v) is 2.26. The van der Waals surface area contributed by atoms with Crippen LogP contribution in [-0.4, -0.2) is 37.6 Å². The average molecular weight is 172 g/mol. The third kappa shape index (κ3) is 1.60. The monoisotopic (exact) mass is 172 g/mol. The Morgan fingerprint density at radius 3 is 2.67 bits per heavy atom. The van der Waals surface area contributed by atoms with Crippen LogP contribution in [0.2, 0.25) is 0 Å². The maximum absolute atomic E-state index is 10.2. The summed E-state index contributed by atoms with van der Waals surface area (Å²) in [5, 5.41) is 32.2. The molecule has 0 bridgehead atoms. The lowest BCUT2D eigenvalue weighted by atomic mass is 10.1. The number of H-pyrrole nitrogens is 1. The highest BCUT2D eigenvalue weighted by Crippen LogP contribution is 2.14. The van der Waals surface area contributed by atoms with Gasteiger partial charge in [-0.3, -0.25) is 5.10 Å². The van der Waals surface area contributed by atoms with Gasteiger partial charge in [-0.25, -0.2) is 4.79 Å². The molecule has 2 atom stereocenters. The van der Waals surface area contributed by atoms with Crippen molar-refractivity contribution in [3.05, 3.63) is 18.0 Å². The van der Waals surface area contributed by atoms with Crippen molar-refractivity contribution in [1.29, 1.82) is 0 Å². The van der Waals surface area contributed by atoms with Gasteiger partial charge in [-0.1, -0.05) is 0 Å². The lowest BCUT2D eigenvalue weighted by Gasteiger charge is -2.10. The molecule has 6 heteroatoms. The minimum atomic E-state index is -1.82. The quantitative estimate of drug-likeness (QED) is 0.462. The number of hydrogen-bond donors (Lipinski definition) is 4. The van der Waals surface area contributed by atoms with Gasteiger partial charge < -0.3 is 15.3 Å². The third-order valence-corrected chi connectivity index (χ3v) is 1.41. The van der Waals surface area contributed by atoms with E-state index >= 15 is 0 Å². The number of hydrogen-bond acceptors (Lipinski definition) is 4. The number of aromatic amines is 1. The van der Waals surface area contributed by atoms with Crippen molar-refractivity contribution in [2.24, 2.45) is 0 Å². The molecule has 1 aromatic heterocycles. The molecule has 66 valence electrons. The fourth-order valence-electron chi connectivity index (χ4n) is 0.740. The highest BCUT2D eigenvalue weighted by Gasteiger charge is 2.25. The Hall–Kier alpha value is -1.40. The van der Waals surface area contributed by atoms with E-state index in [1.165, 1.54) is 12.4 Å². The summed E-state index contributed by atoms with van der Waals surface area (Å²) < 4.78 is 0. The first-order valence-corrected chi connectivity index (χ1v) is 3.20. The molecule has 0 aliphatic carbocycles. The third-order valence-electron chi connectivity index (χ3n) is 1.41. The Bertz CT molecular complexity index is 259. The topological polar surface area (TPSA) is 106 Å². The summed E-state index contributed by atoms with van der Waals surface area (Å²) >= 11 is 0. The number of carbonyl (C=O) groups is 1. The standard InChI is InChI=1S/C6H8N2O4/c9-4(5(10)6(11)12)3-1-7-8-2-3/h1-2,4-5,9-10H,(H,7,8)(H,11,12). The van der Waals surface area contributed by atoms with Gasteiger partial charge in [-0.05, 0) is 0 Å². The summed E-state index contributed by atoms with van der Waals surface area (Å²) in [5.41, 5.74) is 0.241. The van der Waals surface area contributed by atoms with Gasteiger partial charge in [-0.15, -0.1) is 0 Å². The van der Waals surface area contributed by atoms with Crippen molar-refractivity contribution >= 4 is 5.97 Å². The zero-order chi connectivity index (χ0) is 9.14. The molecular weight excluding hydrogens is 164 g/mol. The van der Waals surface area contributed by atoms with Crippen LogP contribution in [0.1, 0.15) is 11.7 Å². The Morgan fingerprint density at radius 1 is 1.58 bits per heavy atom. The van der Waals surface area contributed by atoms with Crippen molar-refractivity contribution in [3.63, 3.8) is 0 Å². The van der Waals surface area contributed by atoms with E-state index in [9.17, 15) is 4.79 Å². The maximum atomic E-state index is 10.2. The lowest BCUT2D eigenvalue weighted by molar-refractivity contribution is -0.153. The molecule has 0 fully saturated rings. The normalized spacial score (nSPS) is 15.5. The molecule has 1 aromatic rings.